The minimum Gasteiger partial charge on any atom is -0.509 e. The fraction of sp³-hybridized carbons (Fsp3) is 0.294. The van der Waals surface area contributed by atoms with Crippen molar-refractivity contribution in [2.45, 2.75) is 125 Å². The number of rotatable bonds is 9. The van der Waals surface area contributed by atoms with Gasteiger partial charge in [-0.1, -0.05) is 204 Å². The summed E-state index contributed by atoms with van der Waals surface area (Å²) in [6.45, 7) is 30.0. The standard InChI is InChI=1S/C68H70N4O.Pt/c1-44(2)34-46-24-20-29-60-63(46)71(64-55(45-22-16-15-17-23-45)26-21-27-56(64)47-35-49(66(6,7)8)37-50(36-47)67(9,10)11)43-70(60)52-38-51(68(12,13)14)39-54(41-52)73-53-30-31-58-57-25-18-19-28-59(57)72(61(58)42-53)62-40-48(32-33-69-62)65(3,4)5;/h15-33,35-40,44H,34H2,1-14H3;/q;+2/i15D,16D,22D,23D,34D2;. The SMILES string of the molecule is [2H]c1cc([2H])c(-c2cccc(-c3cc(C(C)(C)C)cc(C(C)(C)C)c3)c2[N+]2=C=[N+](c3[c-]c(Oc4[c-]c5c(cc4)c4ccccc4n5-c4cc(C(C)(C)C)ccn4)cc(C(C)(C)C)c3)c3cccc(C([2H])([2H])C(C)C)c32)c([2H])c1[2H].[Pt+2]. The van der Waals surface area contributed by atoms with Crippen molar-refractivity contribution in [1.82, 2.24) is 18.7 Å². The Kier molecular flexibility index (Phi) is 11.8. The summed E-state index contributed by atoms with van der Waals surface area (Å²) >= 11 is 0. The molecule has 0 spiro atoms. The third kappa shape index (κ3) is 10.1. The number of hydrogen-bond donors (Lipinski definition) is 0. The summed E-state index contributed by atoms with van der Waals surface area (Å²) < 4.78 is 68.7. The molecule has 10 rings (SSSR count). The van der Waals surface area contributed by atoms with Crippen LogP contribution >= 0.6 is 0 Å². The van der Waals surface area contributed by atoms with Gasteiger partial charge in [-0.25, -0.2) is 4.98 Å². The molecule has 1 aliphatic rings. The van der Waals surface area contributed by atoms with E-state index in [1.807, 2.05) is 89.9 Å². The van der Waals surface area contributed by atoms with Gasteiger partial charge in [-0.05, 0) is 102 Å². The van der Waals surface area contributed by atoms with Gasteiger partial charge in [0.1, 0.15) is 11.5 Å². The summed E-state index contributed by atoms with van der Waals surface area (Å²) in [7, 11) is 0. The van der Waals surface area contributed by atoms with Crippen LogP contribution in [0, 0.1) is 18.1 Å². The van der Waals surface area contributed by atoms with Gasteiger partial charge < -0.3 is 9.30 Å². The summed E-state index contributed by atoms with van der Waals surface area (Å²) in [5.41, 5.74) is 10.3. The maximum absolute atomic E-state index is 9.79. The summed E-state index contributed by atoms with van der Waals surface area (Å²) in [5, 5.41) is 2.09. The molecule has 0 unspecified atom stereocenters. The predicted molar refractivity (Wildman–Crippen MR) is 308 cm³/mol. The average molecular weight is 1160 g/mol. The van der Waals surface area contributed by atoms with Crippen LogP contribution in [0.25, 0.3) is 49.9 Å². The monoisotopic (exact) mass is 1160 g/mol. The Balaban J connectivity index is 0.00000774. The van der Waals surface area contributed by atoms with Gasteiger partial charge in [0.2, 0.25) is 5.69 Å². The van der Waals surface area contributed by atoms with Crippen LogP contribution in [0.4, 0.5) is 22.7 Å². The molecule has 3 heterocycles. The van der Waals surface area contributed by atoms with Crippen LogP contribution in [-0.2, 0) is 49.1 Å². The van der Waals surface area contributed by atoms with Gasteiger partial charge in [-0.2, -0.15) is 6.07 Å². The maximum Gasteiger partial charge on any atom is 2.00 e. The maximum atomic E-state index is 9.79. The molecule has 7 aromatic carbocycles. The summed E-state index contributed by atoms with van der Waals surface area (Å²) in [6.07, 6.45) is 0.0159. The van der Waals surface area contributed by atoms with Crippen molar-refractivity contribution in [2.75, 3.05) is 0 Å². The largest absolute Gasteiger partial charge is 2.00 e. The van der Waals surface area contributed by atoms with Gasteiger partial charge >= 0.3 is 32.8 Å². The van der Waals surface area contributed by atoms with Crippen molar-refractivity contribution < 1.29 is 34.0 Å². The molecule has 74 heavy (non-hydrogen) atoms. The predicted octanol–water partition coefficient (Wildman–Crippen LogP) is 18.1. The second-order valence-corrected chi connectivity index (χ2v) is 23.9. The third-order valence-electron chi connectivity index (χ3n) is 13.7. The topological polar surface area (TPSA) is 33.1 Å². The van der Waals surface area contributed by atoms with Gasteiger partial charge in [0.05, 0.1) is 16.6 Å². The number of pyridine rings is 1. The number of ether oxygens (including phenoxy) is 1. The summed E-state index contributed by atoms with van der Waals surface area (Å²) in [4.78, 5) is 4.89. The number of nitrogens with zero attached hydrogens (tertiary/aromatic N) is 4. The van der Waals surface area contributed by atoms with Crippen LogP contribution in [0.2, 0.25) is 0 Å². The van der Waals surface area contributed by atoms with Crippen molar-refractivity contribution in [1.29, 1.82) is 0 Å². The van der Waals surface area contributed by atoms with E-state index < -0.39 is 12.3 Å². The van der Waals surface area contributed by atoms with E-state index >= 15 is 0 Å². The number of para-hydroxylation sites is 3. The third-order valence-corrected chi connectivity index (χ3v) is 13.7. The molecular weight excluding hydrogens is 1080 g/mol. The van der Waals surface area contributed by atoms with Gasteiger partial charge in [0.15, 0.2) is 0 Å². The van der Waals surface area contributed by atoms with E-state index in [4.69, 9.17) is 12.5 Å². The molecule has 0 aliphatic carbocycles. The first-order valence-corrected chi connectivity index (χ1v) is 25.5. The van der Waals surface area contributed by atoms with E-state index in [0.29, 0.717) is 45.4 Å². The van der Waals surface area contributed by atoms with Crippen LogP contribution in [0.3, 0.4) is 0 Å². The quantitative estimate of drug-likeness (QED) is 0.107. The zero-order valence-corrected chi connectivity index (χ0v) is 47.5. The molecule has 0 radical (unpaired) electrons. The molecule has 6 heteroatoms. The number of hydrogen-bond acceptors (Lipinski definition) is 2. The van der Waals surface area contributed by atoms with Crippen LogP contribution in [0.15, 0.2) is 152 Å². The Morgan fingerprint density at radius 2 is 1.27 bits per heavy atom. The van der Waals surface area contributed by atoms with Gasteiger partial charge in [0, 0.05) is 37.6 Å². The van der Waals surface area contributed by atoms with Gasteiger partial charge in [-0.3, -0.25) is 0 Å². The van der Waals surface area contributed by atoms with Crippen molar-refractivity contribution in [3.8, 4) is 39.6 Å². The smallest absolute Gasteiger partial charge is 0.509 e. The van der Waals surface area contributed by atoms with Crippen LogP contribution in [-0.4, -0.2) is 15.6 Å². The van der Waals surface area contributed by atoms with Gasteiger partial charge in [-0.15, -0.1) is 29.1 Å². The Labute approximate surface area is 463 Å². The molecule has 9 aromatic rings. The number of benzene rings is 7. The normalized spacial score (nSPS) is 14.4. The number of aromatic nitrogens is 2. The van der Waals surface area contributed by atoms with Crippen molar-refractivity contribution in [2.24, 2.45) is 5.92 Å². The van der Waals surface area contributed by atoms with E-state index in [2.05, 4.69) is 160 Å². The zero-order valence-electron chi connectivity index (χ0n) is 51.2. The molecule has 0 N–H and O–H groups in total. The summed E-state index contributed by atoms with van der Waals surface area (Å²) in [6, 6.07) is 50.4. The first-order chi connectivity index (χ1) is 36.9. The molecule has 0 atom stereocenters. The number of fused-ring (bicyclic) bond motifs is 4. The second kappa shape index (κ2) is 19.6. The molecule has 0 saturated carbocycles. The Morgan fingerprint density at radius 1 is 0.608 bits per heavy atom. The first kappa shape index (κ1) is 44.8. The van der Waals surface area contributed by atoms with E-state index in [-0.39, 0.29) is 72.5 Å². The molecule has 0 fully saturated rings. The van der Waals surface area contributed by atoms with Crippen LogP contribution < -0.4 is 13.9 Å². The van der Waals surface area contributed by atoms with E-state index in [9.17, 15) is 5.48 Å². The minimum absolute atomic E-state index is 0. The molecule has 0 saturated heterocycles. The fourth-order valence-corrected chi connectivity index (χ4v) is 9.65. The Hall–Kier alpha value is -6.64. The Bertz CT molecular complexity index is 3990. The Morgan fingerprint density at radius 3 is 1.96 bits per heavy atom. The van der Waals surface area contributed by atoms with Crippen molar-refractivity contribution in [3.05, 3.63) is 192 Å². The average Bonchev–Trinajstić information content (AvgIpc) is 3.95. The second-order valence-electron chi connectivity index (χ2n) is 23.9. The molecule has 0 bridgehead atoms. The molecule has 0 amide bonds. The molecular formula is C68H70N4OPt+2. The minimum atomic E-state index is -1.85. The van der Waals surface area contributed by atoms with Crippen molar-refractivity contribution in [3.63, 3.8) is 0 Å². The van der Waals surface area contributed by atoms with E-state index in [1.165, 1.54) is 6.07 Å². The van der Waals surface area contributed by atoms with E-state index in [1.54, 1.807) is 0 Å². The molecule has 376 valence electrons. The first-order valence-electron chi connectivity index (χ1n) is 28.5. The van der Waals surface area contributed by atoms with Crippen molar-refractivity contribution >= 4 is 50.6 Å². The zero-order chi connectivity index (χ0) is 57.1. The van der Waals surface area contributed by atoms with Crippen LogP contribution in [0.1, 0.15) is 133 Å². The molecule has 2 aromatic heterocycles. The molecule has 5 nitrogen and oxygen atoms in total. The van der Waals surface area contributed by atoms with Crippen LogP contribution in [0.5, 0.6) is 11.5 Å². The van der Waals surface area contributed by atoms with Gasteiger partial charge in [0.25, 0.3) is 5.69 Å². The fourth-order valence-electron chi connectivity index (χ4n) is 9.65. The molecule has 1 aliphatic heterocycles. The summed E-state index contributed by atoms with van der Waals surface area (Å²) in [5.74, 6) is 1.26. The van der Waals surface area contributed by atoms with E-state index in [0.717, 1.165) is 61.0 Å².